The van der Waals surface area contributed by atoms with Crippen LogP contribution >= 0.6 is 0 Å². The Morgan fingerprint density at radius 2 is 1.81 bits per heavy atom. The number of nitrogens with two attached hydrogens (primary N) is 1. The van der Waals surface area contributed by atoms with E-state index in [2.05, 4.69) is 0 Å². The summed E-state index contributed by atoms with van der Waals surface area (Å²) in [6, 6.07) is 5.15. The van der Waals surface area contributed by atoms with Crippen LogP contribution in [0.3, 0.4) is 0 Å². The Kier molecular flexibility index (Phi) is 4.66. The first-order chi connectivity index (χ1) is 9.72. The van der Waals surface area contributed by atoms with Crippen molar-refractivity contribution in [1.82, 2.24) is 0 Å². The molecule has 0 radical (unpaired) electrons. The Morgan fingerprint density at radius 1 is 1.24 bits per heavy atom. The maximum absolute atomic E-state index is 12.2. The normalized spacial score (nSPS) is 33.9. The fourth-order valence-electron chi connectivity index (χ4n) is 2.06. The van der Waals surface area contributed by atoms with Crippen molar-refractivity contribution in [3.8, 4) is 0 Å². The van der Waals surface area contributed by atoms with Crippen LogP contribution in [0.25, 0.3) is 0 Å². The smallest absolute Gasteiger partial charge is 0.297 e. The van der Waals surface area contributed by atoms with Crippen LogP contribution in [0, 0.1) is 6.92 Å². The lowest BCUT2D eigenvalue weighted by molar-refractivity contribution is -0.241. The van der Waals surface area contributed by atoms with Crippen LogP contribution in [0.5, 0.6) is 0 Å². The SMILES string of the molecule is Cc1ccc(S(=O)(=O)OC2C(O)OC(C)C(N)C2O)cc1. The van der Waals surface area contributed by atoms with Gasteiger partial charge in [0.1, 0.15) is 6.10 Å². The lowest BCUT2D eigenvalue weighted by atomic mass is 9.98. The minimum atomic E-state index is -4.14. The van der Waals surface area contributed by atoms with E-state index >= 15 is 0 Å². The summed E-state index contributed by atoms with van der Waals surface area (Å²) in [5.74, 6) is 0. The molecule has 1 fully saturated rings. The molecule has 118 valence electrons. The highest BCUT2D eigenvalue weighted by atomic mass is 32.2. The molecule has 1 aromatic carbocycles. The van der Waals surface area contributed by atoms with Gasteiger partial charge < -0.3 is 20.7 Å². The first-order valence-corrected chi connectivity index (χ1v) is 7.90. The Morgan fingerprint density at radius 3 is 2.38 bits per heavy atom. The maximum atomic E-state index is 12.2. The molecule has 7 nitrogen and oxygen atoms in total. The molecule has 1 aliphatic rings. The molecular weight excluding hydrogens is 298 g/mol. The fourth-order valence-corrected chi connectivity index (χ4v) is 3.15. The second-order valence-electron chi connectivity index (χ2n) is 5.13. The van der Waals surface area contributed by atoms with Gasteiger partial charge in [0.15, 0.2) is 12.4 Å². The van der Waals surface area contributed by atoms with Gasteiger partial charge in [-0.3, -0.25) is 4.18 Å². The zero-order valence-corrected chi connectivity index (χ0v) is 12.5. The Bertz CT molecular complexity index is 587. The van der Waals surface area contributed by atoms with E-state index in [1.165, 1.54) is 12.1 Å². The molecule has 0 aromatic heterocycles. The van der Waals surface area contributed by atoms with E-state index in [1.807, 2.05) is 6.92 Å². The monoisotopic (exact) mass is 317 g/mol. The van der Waals surface area contributed by atoms with Crippen LogP contribution in [0.1, 0.15) is 12.5 Å². The quantitative estimate of drug-likeness (QED) is 0.643. The van der Waals surface area contributed by atoms with Crippen LogP contribution in [-0.2, 0) is 19.0 Å². The number of hydrogen-bond acceptors (Lipinski definition) is 7. The van der Waals surface area contributed by atoms with Crippen LogP contribution in [0.15, 0.2) is 29.2 Å². The van der Waals surface area contributed by atoms with E-state index in [4.69, 9.17) is 14.7 Å². The molecular formula is C13H19NO6S. The number of ether oxygens (including phenoxy) is 1. The van der Waals surface area contributed by atoms with Gasteiger partial charge in [0.05, 0.1) is 17.0 Å². The largest absolute Gasteiger partial charge is 0.388 e. The highest BCUT2D eigenvalue weighted by Gasteiger charge is 2.44. The van der Waals surface area contributed by atoms with Crippen molar-refractivity contribution in [1.29, 1.82) is 0 Å². The standard InChI is InChI=1S/C13H19NO6S/c1-7-3-5-9(6-4-7)21(17,18)20-12-11(15)10(14)8(2)19-13(12)16/h3-6,8,10-13,15-16H,14H2,1-2H3. The zero-order chi connectivity index (χ0) is 15.8. The molecule has 5 atom stereocenters. The lowest BCUT2D eigenvalue weighted by Crippen LogP contribution is -2.61. The van der Waals surface area contributed by atoms with Crippen molar-refractivity contribution in [2.75, 3.05) is 0 Å². The summed E-state index contributed by atoms with van der Waals surface area (Å²) in [5.41, 5.74) is 6.59. The van der Waals surface area contributed by atoms with Crippen molar-refractivity contribution >= 4 is 10.1 Å². The summed E-state index contributed by atoms with van der Waals surface area (Å²) in [4.78, 5) is -0.0697. The molecule has 0 bridgehead atoms. The number of rotatable bonds is 3. The van der Waals surface area contributed by atoms with Crippen molar-refractivity contribution in [3.63, 3.8) is 0 Å². The van der Waals surface area contributed by atoms with Gasteiger partial charge in [0.2, 0.25) is 0 Å². The second-order valence-corrected chi connectivity index (χ2v) is 6.70. The van der Waals surface area contributed by atoms with Crippen LogP contribution in [-0.4, -0.2) is 49.3 Å². The second kappa shape index (κ2) is 5.99. The minimum Gasteiger partial charge on any atom is -0.388 e. The van der Waals surface area contributed by atoms with Crippen molar-refractivity contribution in [2.45, 2.75) is 49.4 Å². The predicted molar refractivity (Wildman–Crippen MR) is 73.8 cm³/mol. The molecule has 4 N–H and O–H groups in total. The Balaban J connectivity index is 2.21. The molecule has 8 heteroatoms. The van der Waals surface area contributed by atoms with E-state index in [0.717, 1.165) is 5.56 Å². The lowest BCUT2D eigenvalue weighted by Gasteiger charge is -2.39. The van der Waals surface area contributed by atoms with Crippen LogP contribution < -0.4 is 5.73 Å². The number of aliphatic hydroxyl groups excluding tert-OH is 2. The van der Waals surface area contributed by atoms with E-state index < -0.39 is 40.8 Å². The highest BCUT2D eigenvalue weighted by Crippen LogP contribution is 2.24. The average molecular weight is 317 g/mol. The van der Waals surface area contributed by atoms with Crippen molar-refractivity contribution in [2.24, 2.45) is 5.73 Å². The van der Waals surface area contributed by atoms with Gasteiger partial charge in [-0.25, -0.2) is 0 Å². The van der Waals surface area contributed by atoms with E-state index in [9.17, 15) is 18.6 Å². The molecule has 0 amide bonds. The Labute approximate surface area is 123 Å². The molecule has 1 aliphatic heterocycles. The van der Waals surface area contributed by atoms with E-state index in [-0.39, 0.29) is 4.90 Å². The predicted octanol–water partition coefficient (Wildman–Crippen LogP) is -0.506. The van der Waals surface area contributed by atoms with E-state index in [1.54, 1.807) is 19.1 Å². The highest BCUT2D eigenvalue weighted by molar-refractivity contribution is 7.86. The summed E-state index contributed by atoms with van der Waals surface area (Å²) in [7, 11) is -4.14. The third-order valence-corrected chi connectivity index (χ3v) is 4.78. The third kappa shape index (κ3) is 3.42. The maximum Gasteiger partial charge on any atom is 0.297 e. The molecule has 0 spiro atoms. The van der Waals surface area contributed by atoms with Gasteiger partial charge in [0.25, 0.3) is 10.1 Å². The number of aliphatic hydroxyl groups is 2. The van der Waals surface area contributed by atoms with Gasteiger partial charge in [-0.2, -0.15) is 8.42 Å². The molecule has 5 unspecified atom stereocenters. The van der Waals surface area contributed by atoms with Crippen LogP contribution in [0.4, 0.5) is 0 Å². The van der Waals surface area contributed by atoms with E-state index in [0.29, 0.717) is 0 Å². The molecule has 1 saturated heterocycles. The number of benzene rings is 1. The summed E-state index contributed by atoms with van der Waals surface area (Å²) >= 11 is 0. The molecule has 0 saturated carbocycles. The first kappa shape index (κ1) is 16.3. The number of hydrogen-bond donors (Lipinski definition) is 3. The van der Waals surface area contributed by atoms with Crippen molar-refractivity contribution < 1.29 is 27.6 Å². The summed E-state index contributed by atoms with van der Waals surface area (Å²) < 4.78 is 34.3. The topological polar surface area (TPSA) is 119 Å². The Hall–Kier alpha value is -1.03. The summed E-state index contributed by atoms with van der Waals surface area (Å²) in [6.07, 6.45) is -5.02. The average Bonchev–Trinajstić information content (AvgIpc) is 2.42. The fraction of sp³-hybridized carbons (Fsp3) is 0.538. The minimum absolute atomic E-state index is 0.0697. The third-order valence-electron chi connectivity index (χ3n) is 3.46. The molecule has 21 heavy (non-hydrogen) atoms. The molecule has 2 rings (SSSR count). The van der Waals surface area contributed by atoms with Crippen molar-refractivity contribution in [3.05, 3.63) is 29.8 Å². The molecule has 1 heterocycles. The van der Waals surface area contributed by atoms with Gasteiger partial charge >= 0.3 is 0 Å². The zero-order valence-electron chi connectivity index (χ0n) is 11.7. The number of aryl methyl sites for hydroxylation is 1. The summed E-state index contributed by atoms with van der Waals surface area (Å²) in [6.45, 7) is 3.39. The van der Waals surface area contributed by atoms with Gasteiger partial charge in [-0.05, 0) is 26.0 Å². The van der Waals surface area contributed by atoms with Gasteiger partial charge in [0, 0.05) is 0 Å². The van der Waals surface area contributed by atoms with Gasteiger partial charge in [-0.15, -0.1) is 0 Å². The first-order valence-electron chi connectivity index (χ1n) is 6.49. The molecule has 1 aromatic rings. The van der Waals surface area contributed by atoms with Gasteiger partial charge in [-0.1, -0.05) is 17.7 Å². The summed E-state index contributed by atoms with van der Waals surface area (Å²) in [5, 5.41) is 19.7. The molecule has 0 aliphatic carbocycles. The van der Waals surface area contributed by atoms with Crippen LogP contribution in [0.2, 0.25) is 0 Å².